The average molecular weight is 370 g/mol. The van der Waals surface area contributed by atoms with Crippen molar-refractivity contribution in [3.8, 4) is 0 Å². The van der Waals surface area contributed by atoms with Crippen LogP contribution in [0.3, 0.4) is 0 Å². The van der Waals surface area contributed by atoms with E-state index < -0.39 is 12.1 Å². The van der Waals surface area contributed by atoms with Crippen molar-refractivity contribution in [3.63, 3.8) is 0 Å². The maximum Gasteiger partial charge on any atom is 0.413 e. The van der Waals surface area contributed by atoms with Crippen LogP contribution in [-0.4, -0.2) is 38.2 Å². The van der Waals surface area contributed by atoms with Gasteiger partial charge in [-0.15, -0.1) is 0 Å². The summed E-state index contributed by atoms with van der Waals surface area (Å²) < 4.78 is 11.5. The molecule has 0 aliphatic rings. The molecule has 0 saturated carbocycles. The van der Waals surface area contributed by atoms with E-state index >= 15 is 0 Å². The van der Waals surface area contributed by atoms with Gasteiger partial charge in [0.1, 0.15) is 13.2 Å². The second-order valence-electron chi connectivity index (χ2n) is 5.47. The number of nitrogens with two attached hydrogens (primary N) is 1. The van der Waals surface area contributed by atoms with E-state index in [0.29, 0.717) is 5.65 Å². The Labute approximate surface area is 154 Å². The number of hydrogen-bond acceptors (Lipinski definition) is 8. The molecule has 1 aromatic carbocycles. The summed E-state index contributed by atoms with van der Waals surface area (Å²) in [6.45, 7) is 2.00. The molecule has 3 rings (SSSR count). The van der Waals surface area contributed by atoms with Gasteiger partial charge in [-0.25, -0.2) is 9.78 Å². The first-order valence-corrected chi connectivity index (χ1v) is 8.18. The molecule has 0 saturated heterocycles. The van der Waals surface area contributed by atoms with Gasteiger partial charge in [0.05, 0.1) is 12.9 Å². The molecular formula is C17H18N6O4. The number of nitrogens with zero attached hydrogens (tertiary/aromatic N) is 4. The van der Waals surface area contributed by atoms with Gasteiger partial charge in [-0.1, -0.05) is 30.3 Å². The van der Waals surface area contributed by atoms with Crippen LogP contribution in [0.25, 0.3) is 11.2 Å². The Morgan fingerprint density at radius 2 is 1.96 bits per heavy atom. The third-order valence-corrected chi connectivity index (χ3v) is 3.52. The SMILES string of the molecule is CCOC(=O)Cn1cnc2c(NC(=O)OCc3ccccc3)nc(N)nc21. The zero-order chi connectivity index (χ0) is 19.2. The van der Waals surface area contributed by atoms with Gasteiger partial charge in [-0.05, 0) is 12.5 Å². The molecule has 3 aromatic rings. The number of nitrogen functional groups attached to an aromatic ring is 1. The monoisotopic (exact) mass is 370 g/mol. The Kier molecular flexibility index (Phi) is 5.45. The summed E-state index contributed by atoms with van der Waals surface area (Å²) in [5.41, 5.74) is 7.14. The Morgan fingerprint density at radius 1 is 1.19 bits per heavy atom. The lowest BCUT2D eigenvalue weighted by Crippen LogP contribution is -2.16. The van der Waals surface area contributed by atoms with E-state index in [2.05, 4.69) is 20.3 Å². The van der Waals surface area contributed by atoms with Crippen LogP contribution in [-0.2, 0) is 27.4 Å². The maximum absolute atomic E-state index is 12.1. The number of benzene rings is 1. The zero-order valence-electron chi connectivity index (χ0n) is 14.6. The molecule has 0 aliphatic carbocycles. The predicted octanol–water partition coefficient (Wildman–Crippen LogP) is 1.72. The first-order valence-electron chi connectivity index (χ1n) is 8.18. The van der Waals surface area contributed by atoms with Gasteiger partial charge < -0.3 is 19.8 Å². The van der Waals surface area contributed by atoms with E-state index in [-0.39, 0.29) is 37.0 Å². The minimum absolute atomic E-state index is 0.0773. The number of amides is 1. The Morgan fingerprint density at radius 3 is 2.70 bits per heavy atom. The van der Waals surface area contributed by atoms with Crippen molar-refractivity contribution < 1.29 is 19.1 Å². The normalized spacial score (nSPS) is 10.6. The van der Waals surface area contributed by atoms with Crippen molar-refractivity contribution in [2.24, 2.45) is 0 Å². The molecule has 0 bridgehead atoms. The van der Waals surface area contributed by atoms with Gasteiger partial charge in [0, 0.05) is 0 Å². The zero-order valence-corrected chi connectivity index (χ0v) is 14.6. The summed E-state index contributed by atoms with van der Waals surface area (Å²) in [6.07, 6.45) is 0.689. The third-order valence-electron chi connectivity index (χ3n) is 3.52. The number of ether oxygens (including phenoxy) is 2. The van der Waals surface area contributed by atoms with Crippen molar-refractivity contribution >= 4 is 35.0 Å². The summed E-state index contributed by atoms with van der Waals surface area (Å²) in [5, 5.41) is 2.50. The number of aromatic nitrogens is 4. The quantitative estimate of drug-likeness (QED) is 0.626. The lowest BCUT2D eigenvalue weighted by Gasteiger charge is -2.08. The number of anilines is 2. The van der Waals surface area contributed by atoms with E-state index in [0.717, 1.165) is 5.56 Å². The second kappa shape index (κ2) is 8.13. The summed E-state index contributed by atoms with van der Waals surface area (Å²) in [6, 6.07) is 9.25. The van der Waals surface area contributed by atoms with Crippen LogP contribution >= 0.6 is 0 Å². The summed E-state index contributed by atoms with van der Waals surface area (Å²) in [4.78, 5) is 36.0. The molecule has 0 unspecified atom stereocenters. The van der Waals surface area contributed by atoms with Gasteiger partial charge in [0.2, 0.25) is 5.95 Å². The molecule has 3 N–H and O–H groups in total. The molecule has 27 heavy (non-hydrogen) atoms. The molecule has 0 radical (unpaired) electrons. The molecule has 0 atom stereocenters. The van der Waals surface area contributed by atoms with Gasteiger partial charge in [-0.3, -0.25) is 10.1 Å². The van der Waals surface area contributed by atoms with E-state index in [1.807, 2.05) is 30.3 Å². The average Bonchev–Trinajstić information content (AvgIpc) is 3.04. The van der Waals surface area contributed by atoms with E-state index in [9.17, 15) is 9.59 Å². The summed E-state index contributed by atoms with van der Waals surface area (Å²) >= 11 is 0. The van der Waals surface area contributed by atoms with Gasteiger partial charge >= 0.3 is 12.1 Å². The maximum atomic E-state index is 12.1. The van der Waals surface area contributed by atoms with Crippen LogP contribution in [0.4, 0.5) is 16.6 Å². The topological polar surface area (TPSA) is 134 Å². The molecule has 0 fully saturated rings. The molecule has 1 amide bonds. The first kappa shape index (κ1) is 18.1. The molecule has 0 aliphatic heterocycles. The highest BCUT2D eigenvalue weighted by Gasteiger charge is 2.16. The van der Waals surface area contributed by atoms with E-state index in [1.165, 1.54) is 10.9 Å². The minimum Gasteiger partial charge on any atom is -0.465 e. The molecule has 2 heterocycles. The minimum atomic E-state index is -0.710. The summed E-state index contributed by atoms with van der Waals surface area (Å²) in [5.74, 6) is -0.421. The van der Waals surface area contributed by atoms with Crippen molar-refractivity contribution in [1.82, 2.24) is 19.5 Å². The number of hydrogen-bond donors (Lipinski definition) is 2. The van der Waals surface area contributed by atoms with Crippen molar-refractivity contribution in [2.45, 2.75) is 20.1 Å². The van der Waals surface area contributed by atoms with Crippen LogP contribution in [0.5, 0.6) is 0 Å². The molecule has 2 aromatic heterocycles. The highest BCUT2D eigenvalue weighted by molar-refractivity contribution is 5.94. The number of nitrogens with one attached hydrogen (secondary N) is 1. The number of rotatable bonds is 6. The van der Waals surface area contributed by atoms with Crippen LogP contribution < -0.4 is 11.1 Å². The molecule has 140 valence electrons. The number of carbonyl (C=O) groups excluding carboxylic acids is 2. The summed E-state index contributed by atoms with van der Waals surface area (Å²) in [7, 11) is 0. The van der Waals surface area contributed by atoms with Gasteiger partial charge in [-0.2, -0.15) is 9.97 Å². The highest BCUT2D eigenvalue weighted by atomic mass is 16.5. The van der Waals surface area contributed by atoms with Gasteiger partial charge in [0.25, 0.3) is 0 Å². The van der Waals surface area contributed by atoms with Gasteiger partial charge in [0.15, 0.2) is 17.0 Å². The van der Waals surface area contributed by atoms with Crippen LogP contribution in [0, 0.1) is 0 Å². The second-order valence-corrected chi connectivity index (χ2v) is 5.47. The molecule has 10 heteroatoms. The number of carbonyl (C=O) groups is 2. The Balaban J connectivity index is 1.75. The van der Waals surface area contributed by atoms with Crippen molar-refractivity contribution in [1.29, 1.82) is 0 Å². The predicted molar refractivity (Wildman–Crippen MR) is 96.6 cm³/mol. The van der Waals surface area contributed by atoms with Crippen LogP contribution in [0.2, 0.25) is 0 Å². The first-order chi connectivity index (χ1) is 13.1. The molecular weight excluding hydrogens is 352 g/mol. The fourth-order valence-electron chi connectivity index (χ4n) is 2.37. The number of imidazole rings is 1. The fourth-order valence-corrected chi connectivity index (χ4v) is 2.37. The standard InChI is InChI=1S/C17H18N6O4/c1-2-26-12(24)8-23-10-19-13-14(20-16(18)22-15(13)23)21-17(25)27-9-11-6-4-3-5-7-11/h3-7,10H,2,8-9H2,1H3,(H3,18,20,21,22,25). The van der Waals surface area contributed by atoms with Crippen LogP contribution in [0.1, 0.15) is 12.5 Å². The number of esters is 1. The third kappa shape index (κ3) is 4.48. The number of fused-ring (bicyclic) bond motifs is 1. The fraction of sp³-hybridized carbons (Fsp3) is 0.235. The lowest BCUT2D eigenvalue weighted by atomic mass is 10.2. The van der Waals surface area contributed by atoms with E-state index in [1.54, 1.807) is 6.92 Å². The largest absolute Gasteiger partial charge is 0.465 e. The van der Waals surface area contributed by atoms with Crippen LogP contribution in [0.15, 0.2) is 36.7 Å². The van der Waals surface area contributed by atoms with Crippen molar-refractivity contribution in [3.05, 3.63) is 42.2 Å². The lowest BCUT2D eigenvalue weighted by molar-refractivity contribution is -0.143. The smallest absolute Gasteiger partial charge is 0.413 e. The molecule has 0 spiro atoms. The van der Waals surface area contributed by atoms with E-state index in [4.69, 9.17) is 15.2 Å². The van der Waals surface area contributed by atoms with Crippen molar-refractivity contribution in [2.75, 3.05) is 17.7 Å². The molecule has 10 nitrogen and oxygen atoms in total. The highest BCUT2D eigenvalue weighted by Crippen LogP contribution is 2.20. The Hall–Kier alpha value is -3.69. The Bertz CT molecular complexity index is 957.